The maximum atomic E-state index is 11.9. The van der Waals surface area contributed by atoms with E-state index in [0.717, 1.165) is 0 Å². The normalized spacial score (nSPS) is 11.3. The highest BCUT2D eigenvalue weighted by Crippen LogP contribution is 2.31. The third-order valence-electron chi connectivity index (χ3n) is 1.68. The number of alkyl halides is 3. The quantitative estimate of drug-likeness (QED) is 0.854. The van der Waals surface area contributed by atoms with Crippen LogP contribution in [0, 0.1) is 0 Å². The number of hydrogen-bond donors (Lipinski definition) is 0. The standard InChI is InChI=1S/C10H8BrF3O2/c1-6(15)4-7-2-3-9(8(11)5-7)16-10(12,13)14/h2-3,5H,4H2,1H3. The molecule has 0 heterocycles. The minimum absolute atomic E-state index is 0.0589. The molecule has 88 valence electrons. The first-order valence-electron chi connectivity index (χ1n) is 4.31. The maximum Gasteiger partial charge on any atom is 0.573 e. The summed E-state index contributed by atoms with van der Waals surface area (Å²) in [7, 11) is 0. The molecule has 0 N–H and O–H groups in total. The molecule has 0 aromatic heterocycles. The molecule has 0 aliphatic carbocycles. The third kappa shape index (κ3) is 4.22. The van der Waals surface area contributed by atoms with Crippen LogP contribution in [0.4, 0.5) is 13.2 Å². The van der Waals surface area contributed by atoms with E-state index in [4.69, 9.17) is 0 Å². The molecular formula is C10H8BrF3O2. The molecule has 0 amide bonds. The summed E-state index contributed by atoms with van der Waals surface area (Å²) in [5, 5.41) is 0. The SMILES string of the molecule is CC(=O)Cc1ccc(OC(F)(F)F)c(Br)c1. The van der Waals surface area contributed by atoms with Gasteiger partial charge in [0.25, 0.3) is 0 Å². The van der Waals surface area contributed by atoms with Gasteiger partial charge in [-0.3, -0.25) is 4.79 Å². The van der Waals surface area contributed by atoms with Crippen molar-refractivity contribution in [2.75, 3.05) is 0 Å². The monoisotopic (exact) mass is 296 g/mol. The molecule has 0 atom stereocenters. The maximum absolute atomic E-state index is 11.9. The molecule has 16 heavy (non-hydrogen) atoms. The van der Waals surface area contributed by atoms with Gasteiger partial charge in [0, 0.05) is 6.42 Å². The Labute approximate surface area is 98.5 Å². The molecule has 0 spiro atoms. The van der Waals surface area contributed by atoms with Gasteiger partial charge in [0.2, 0.25) is 0 Å². The summed E-state index contributed by atoms with van der Waals surface area (Å²) in [6.07, 6.45) is -4.53. The molecule has 0 fully saturated rings. The number of halogens is 4. The van der Waals surface area contributed by atoms with E-state index in [-0.39, 0.29) is 22.4 Å². The summed E-state index contributed by atoms with van der Waals surface area (Å²) in [6, 6.07) is 4.03. The lowest BCUT2D eigenvalue weighted by Crippen LogP contribution is -2.17. The molecule has 0 radical (unpaired) electrons. The van der Waals surface area contributed by atoms with E-state index in [1.807, 2.05) is 0 Å². The van der Waals surface area contributed by atoms with Crippen molar-refractivity contribution in [1.82, 2.24) is 0 Å². The van der Waals surface area contributed by atoms with Crippen LogP contribution in [-0.4, -0.2) is 12.1 Å². The molecular weight excluding hydrogens is 289 g/mol. The second kappa shape index (κ2) is 4.86. The largest absolute Gasteiger partial charge is 0.573 e. The lowest BCUT2D eigenvalue weighted by atomic mass is 10.1. The molecule has 0 bridgehead atoms. The van der Waals surface area contributed by atoms with Gasteiger partial charge in [-0.25, -0.2) is 0 Å². The Morgan fingerprint density at radius 1 is 1.44 bits per heavy atom. The van der Waals surface area contributed by atoms with Crippen LogP contribution in [0.1, 0.15) is 12.5 Å². The number of rotatable bonds is 3. The topological polar surface area (TPSA) is 26.3 Å². The first-order chi connectivity index (χ1) is 7.28. The van der Waals surface area contributed by atoms with Crippen LogP contribution in [0.25, 0.3) is 0 Å². The fourth-order valence-corrected chi connectivity index (χ4v) is 1.66. The number of carbonyl (C=O) groups excluding carboxylic acids is 1. The van der Waals surface area contributed by atoms with E-state index in [9.17, 15) is 18.0 Å². The molecule has 0 aliphatic rings. The van der Waals surface area contributed by atoms with Crippen LogP contribution < -0.4 is 4.74 Å². The van der Waals surface area contributed by atoms with E-state index in [1.165, 1.54) is 25.1 Å². The highest BCUT2D eigenvalue weighted by molar-refractivity contribution is 9.10. The van der Waals surface area contributed by atoms with Crippen molar-refractivity contribution in [2.24, 2.45) is 0 Å². The predicted octanol–water partition coefficient (Wildman–Crippen LogP) is 3.48. The van der Waals surface area contributed by atoms with Gasteiger partial charge in [0.15, 0.2) is 0 Å². The van der Waals surface area contributed by atoms with Gasteiger partial charge in [-0.1, -0.05) is 6.07 Å². The summed E-state index contributed by atoms with van der Waals surface area (Å²) in [6.45, 7) is 1.41. The number of ether oxygens (including phenoxy) is 1. The zero-order valence-corrected chi connectivity index (χ0v) is 9.85. The Balaban J connectivity index is 2.87. The predicted molar refractivity (Wildman–Crippen MR) is 55.2 cm³/mol. The highest BCUT2D eigenvalue weighted by atomic mass is 79.9. The van der Waals surface area contributed by atoms with E-state index >= 15 is 0 Å². The number of benzene rings is 1. The van der Waals surface area contributed by atoms with Crippen molar-refractivity contribution in [1.29, 1.82) is 0 Å². The number of Topliss-reactive ketones (excluding diaryl/α,β-unsaturated/α-hetero) is 1. The van der Waals surface area contributed by atoms with E-state index in [0.29, 0.717) is 5.56 Å². The lowest BCUT2D eigenvalue weighted by Gasteiger charge is -2.11. The third-order valence-corrected chi connectivity index (χ3v) is 2.29. The molecule has 0 aliphatic heterocycles. The van der Waals surface area contributed by atoms with Gasteiger partial charge in [0.05, 0.1) is 4.47 Å². The van der Waals surface area contributed by atoms with Crippen LogP contribution in [0.5, 0.6) is 5.75 Å². The molecule has 2 nitrogen and oxygen atoms in total. The molecule has 0 unspecified atom stereocenters. The van der Waals surface area contributed by atoms with Crippen LogP contribution in [0.3, 0.4) is 0 Å². The van der Waals surface area contributed by atoms with Crippen molar-refractivity contribution in [2.45, 2.75) is 19.7 Å². The van der Waals surface area contributed by atoms with Crippen molar-refractivity contribution < 1.29 is 22.7 Å². The Morgan fingerprint density at radius 2 is 2.06 bits per heavy atom. The van der Waals surface area contributed by atoms with Gasteiger partial charge < -0.3 is 4.74 Å². The van der Waals surface area contributed by atoms with Gasteiger partial charge in [-0.05, 0) is 40.5 Å². The molecule has 1 aromatic rings. The number of carbonyl (C=O) groups is 1. The van der Waals surface area contributed by atoms with Gasteiger partial charge in [0.1, 0.15) is 11.5 Å². The summed E-state index contributed by atoms with van der Waals surface area (Å²) in [4.78, 5) is 10.8. The minimum atomic E-state index is -4.72. The summed E-state index contributed by atoms with van der Waals surface area (Å²) < 4.78 is 39.7. The summed E-state index contributed by atoms with van der Waals surface area (Å²) >= 11 is 2.95. The second-order valence-corrected chi connectivity index (χ2v) is 4.05. The lowest BCUT2D eigenvalue weighted by molar-refractivity contribution is -0.274. The highest BCUT2D eigenvalue weighted by Gasteiger charge is 2.31. The summed E-state index contributed by atoms with van der Waals surface area (Å²) in [5.74, 6) is -0.379. The zero-order chi connectivity index (χ0) is 12.3. The first-order valence-corrected chi connectivity index (χ1v) is 5.11. The smallest absolute Gasteiger partial charge is 0.405 e. The fourth-order valence-electron chi connectivity index (χ4n) is 1.15. The van der Waals surface area contributed by atoms with Crippen LogP contribution in [0.15, 0.2) is 22.7 Å². The average molecular weight is 297 g/mol. The van der Waals surface area contributed by atoms with Crippen LogP contribution in [0.2, 0.25) is 0 Å². The second-order valence-electron chi connectivity index (χ2n) is 3.19. The van der Waals surface area contributed by atoms with Gasteiger partial charge in [-0.15, -0.1) is 13.2 Å². The Morgan fingerprint density at radius 3 is 2.50 bits per heavy atom. The van der Waals surface area contributed by atoms with Crippen molar-refractivity contribution in [3.8, 4) is 5.75 Å². The van der Waals surface area contributed by atoms with Crippen molar-refractivity contribution in [3.63, 3.8) is 0 Å². The van der Waals surface area contributed by atoms with Gasteiger partial charge >= 0.3 is 6.36 Å². The Hall–Kier alpha value is -1.04. The Kier molecular flexibility index (Phi) is 3.96. The molecule has 0 saturated carbocycles. The zero-order valence-electron chi connectivity index (χ0n) is 8.27. The van der Waals surface area contributed by atoms with Crippen LogP contribution in [-0.2, 0) is 11.2 Å². The van der Waals surface area contributed by atoms with E-state index < -0.39 is 6.36 Å². The van der Waals surface area contributed by atoms with Gasteiger partial charge in [-0.2, -0.15) is 0 Å². The van der Waals surface area contributed by atoms with E-state index in [2.05, 4.69) is 20.7 Å². The average Bonchev–Trinajstić information content (AvgIpc) is 2.06. The number of hydrogen-bond acceptors (Lipinski definition) is 2. The van der Waals surface area contributed by atoms with E-state index in [1.54, 1.807) is 0 Å². The summed E-state index contributed by atoms with van der Waals surface area (Å²) in [5.41, 5.74) is 0.633. The minimum Gasteiger partial charge on any atom is -0.405 e. The first kappa shape index (κ1) is 13.0. The molecule has 0 saturated heterocycles. The van der Waals surface area contributed by atoms with Crippen LogP contribution >= 0.6 is 15.9 Å². The molecule has 1 rings (SSSR count). The fraction of sp³-hybridized carbons (Fsp3) is 0.300. The van der Waals surface area contributed by atoms with Crippen molar-refractivity contribution >= 4 is 21.7 Å². The molecule has 1 aromatic carbocycles. The Bertz CT molecular complexity index is 402. The van der Waals surface area contributed by atoms with Crippen molar-refractivity contribution in [3.05, 3.63) is 28.2 Å². The number of ketones is 1. The molecule has 6 heteroatoms.